The lowest BCUT2D eigenvalue weighted by atomic mass is 10.1. The summed E-state index contributed by atoms with van der Waals surface area (Å²) < 4.78 is 1.40. The third-order valence-corrected chi connectivity index (χ3v) is 8.12. The number of para-hydroxylation sites is 2. The zero-order valence-electron chi connectivity index (χ0n) is 25.3. The van der Waals surface area contributed by atoms with Gasteiger partial charge in [-0.1, -0.05) is 42.5 Å². The molecule has 45 heavy (non-hydrogen) atoms. The highest BCUT2D eigenvalue weighted by atomic mass is 16.2. The van der Waals surface area contributed by atoms with Crippen molar-refractivity contribution in [2.75, 3.05) is 68.5 Å². The van der Waals surface area contributed by atoms with Crippen LogP contribution in [-0.2, 0) is 0 Å². The molecule has 3 aromatic carbocycles. The average Bonchev–Trinajstić information content (AvgIpc) is 3.32. The molecule has 0 atom stereocenters. The van der Waals surface area contributed by atoms with Crippen LogP contribution < -0.4 is 20.7 Å². The lowest BCUT2D eigenvalue weighted by Crippen LogP contribution is -2.49. The summed E-state index contributed by atoms with van der Waals surface area (Å²) in [5.41, 5.74) is 2.82. The molecule has 0 bridgehead atoms. The monoisotopic (exact) mass is 605 g/mol. The molecule has 1 aromatic heterocycles. The van der Waals surface area contributed by atoms with E-state index in [0.717, 1.165) is 17.9 Å². The maximum Gasteiger partial charge on any atom is 0.296 e. The lowest BCUT2D eigenvalue weighted by molar-refractivity contribution is 0.0747. The molecule has 0 aliphatic carbocycles. The molecule has 0 spiro atoms. The minimum Gasteiger partial charge on any atom is -0.379 e. The highest BCUT2D eigenvalue weighted by Crippen LogP contribution is 2.32. The van der Waals surface area contributed by atoms with Crippen molar-refractivity contribution < 1.29 is 14.4 Å². The fraction of sp³-hybridized carbons (Fsp3) is 0.265. The molecule has 1 N–H and O–H groups in total. The first-order valence-corrected chi connectivity index (χ1v) is 15.0. The minimum absolute atomic E-state index is 0.239. The Balaban J connectivity index is 1.21. The van der Waals surface area contributed by atoms with Crippen LogP contribution in [0.1, 0.15) is 37.5 Å². The summed E-state index contributed by atoms with van der Waals surface area (Å²) in [5, 5.41) is 7.86. The number of fused-ring (bicyclic) bond motifs is 1. The summed E-state index contributed by atoms with van der Waals surface area (Å²) in [7, 11) is 4.03. The van der Waals surface area contributed by atoms with Crippen molar-refractivity contribution in [1.29, 1.82) is 0 Å². The van der Waals surface area contributed by atoms with Gasteiger partial charge in [0.25, 0.3) is 23.3 Å². The van der Waals surface area contributed by atoms with Crippen LogP contribution in [0.3, 0.4) is 0 Å². The summed E-state index contributed by atoms with van der Waals surface area (Å²) in [4.78, 5) is 60.9. The van der Waals surface area contributed by atoms with E-state index in [0.29, 0.717) is 60.9 Å². The molecular formula is C34H35N7O4. The number of hydrogen-bond donors (Lipinski definition) is 1. The zero-order chi connectivity index (χ0) is 31.5. The van der Waals surface area contributed by atoms with Crippen LogP contribution in [0.2, 0.25) is 0 Å². The summed E-state index contributed by atoms with van der Waals surface area (Å²) in [6.45, 7) is 3.22. The second-order valence-electron chi connectivity index (χ2n) is 11.3. The largest absolute Gasteiger partial charge is 0.379 e. The smallest absolute Gasteiger partial charge is 0.296 e. The second-order valence-corrected chi connectivity index (χ2v) is 11.3. The van der Waals surface area contributed by atoms with E-state index < -0.39 is 11.8 Å². The van der Waals surface area contributed by atoms with Crippen LogP contribution in [0.25, 0.3) is 5.69 Å². The van der Waals surface area contributed by atoms with Gasteiger partial charge in [-0.15, -0.1) is 0 Å². The first-order valence-electron chi connectivity index (χ1n) is 15.0. The third-order valence-electron chi connectivity index (χ3n) is 8.12. The Morgan fingerprint density at radius 1 is 0.800 bits per heavy atom. The van der Waals surface area contributed by atoms with Crippen molar-refractivity contribution in [3.63, 3.8) is 0 Å². The van der Waals surface area contributed by atoms with Crippen LogP contribution in [0.5, 0.6) is 0 Å². The molecule has 11 nitrogen and oxygen atoms in total. The molecule has 0 radical (unpaired) electrons. The molecule has 6 rings (SSSR count). The van der Waals surface area contributed by atoms with Crippen molar-refractivity contribution in [1.82, 2.24) is 19.6 Å². The molecule has 0 unspecified atom stereocenters. The molecule has 0 saturated carbocycles. The van der Waals surface area contributed by atoms with Crippen molar-refractivity contribution >= 4 is 34.8 Å². The quantitative estimate of drug-likeness (QED) is 0.229. The highest BCUT2D eigenvalue weighted by Gasteiger charge is 2.38. The first kappa shape index (κ1) is 29.8. The van der Waals surface area contributed by atoms with Gasteiger partial charge in [-0.25, -0.2) is 4.90 Å². The summed E-state index contributed by atoms with van der Waals surface area (Å²) >= 11 is 0. The van der Waals surface area contributed by atoms with Gasteiger partial charge in [0.2, 0.25) is 0 Å². The van der Waals surface area contributed by atoms with Crippen LogP contribution >= 0.6 is 0 Å². The van der Waals surface area contributed by atoms with E-state index in [1.54, 1.807) is 59.6 Å². The second kappa shape index (κ2) is 12.7. The maximum atomic E-state index is 13.8. The van der Waals surface area contributed by atoms with Gasteiger partial charge in [-0.3, -0.25) is 19.2 Å². The molecular weight excluding hydrogens is 570 g/mol. The topological polar surface area (TPSA) is 111 Å². The number of nitrogens with zero attached hydrogens (tertiary/aromatic N) is 6. The Hall–Kier alpha value is -5.29. The number of benzene rings is 3. The van der Waals surface area contributed by atoms with Gasteiger partial charge in [0.15, 0.2) is 0 Å². The summed E-state index contributed by atoms with van der Waals surface area (Å²) in [6.07, 6.45) is 2.56. The number of nitrogens with one attached hydrogen (secondary N) is 1. The standard InChI is InChI=1S/C34H35N7O4/c1-37(2)18-10-17-35-30-29(23-36-41(34(30)45)24-11-4-3-5-12-24)38-19-21-39(22-20-38)31(42)27-15-8-9-16-28(27)40-32(43)25-13-6-7-14-26(25)33(40)44/h3-9,11-16,23,35H,10,17-22H2,1-2H3. The van der Waals surface area contributed by atoms with Crippen molar-refractivity contribution in [3.05, 3.63) is 112 Å². The van der Waals surface area contributed by atoms with Gasteiger partial charge in [-0.05, 0) is 63.5 Å². The molecule has 3 amide bonds. The van der Waals surface area contributed by atoms with E-state index in [9.17, 15) is 19.2 Å². The SMILES string of the molecule is CN(C)CCCNc1c(N2CCN(C(=O)c3ccccc3N3C(=O)c4ccccc4C3=O)CC2)cnn(-c2ccccc2)c1=O. The number of rotatable bonds is 9. The molecule has 2 aliphatic heterocycles. The van der Waals surface area contributed by atoms with E-state index >= 15 is 0 Å². The lowest BCUT2D eigenvalue weighted by Gasteiger charge is -2.37. The van der Waals surface area contributed by atoms with Crippen molar-refractivity contribution in [3.8, 4) is 5.69 Å². The maximum absolute atomic E-state index is 13.8. The van der Waals surface area contributed by atoms with E-state index in [1.807, 2.05) is 44.4 Å². The van der Waals surface area contributed by atoms with Gasteiger partial charge < -0.3 is 20.0 Å². The van der Waals surface area contributed by atoms with Gasteiger partial charge in [0, 0.05) is 32.7 Å². The molecule has 2 aliphatic rings. The van der Waals surface area contributed by atoms with Crippen LogP contribution in [0.15, 0.2) is 89.9 Å². The number of aromatic nitrogens is 2. The summed E-state index contributed by atoms with van der Waals surface area (Å²) in [5.74, 6) is -1.14. The molecule has 1 fully saturated rings. The van der Waals surface area contributed by atoms with Crippen LogP contribution in [-0.4, -0.2) is 90.7 Å². The van der Waals surface area contributed by atoms with Gasteiger partial charge >= 0.3 is 0 Å². The Kier molecular flexibility index (Phi) is 8.43. The predicted molar refractivity (Wildman–Crippen MR) is 174 cm³/mol. The Morgan fingerprint density at radius 3 is 2.09 bits per heavy atom. The predicted octanol–water partition coefficient (Wildman–Crippen LogP) is 3.36. The van der Waals surface area contributed by atoms with Crippen LogP contribution in [0, 0.1) is 0 Å². The van der Waals surface area contributed by atoms with E-state index in [2.05, 4.69) is 20.2 Å². The fourth-order valence-electron chi connectivity index (χ4n) is 5.79. The normalized spacial score (nSPS) is 14.7. The number of hydrogen-bond acceptors (Lipinski definition) is 8. The fourth-order valence-corrected chi connectivity index (χ4v) is 5.79. The highest BCUT2D eigenvalue weighted by molar-refractivity contribution is 6.35. The Labute approximate surface area is 261 Å². The van der Waals surface area contributed by atoms with E-state index in [1.165, 1.54) is 4.68 Å². The van der Waals surface area contributed by atoms with Gasteiger partial charge in [-0.2, -0.15) is 9.78 Å². The molecule has 11 heteroatoms. The number of carbonyl (C=O) groups is 3. The number of anilines is 3. The minimum atomic E-state index is -0.441. The first-order chi connectivity index (χ1) is 21.8. The van der Waals surface area contributed by atoms with Crippen molar-refractivity contribution in [2.45, 2.75) is 6.42 Å². The van der Waals surface area contributed by atoms with E-state index in [4.69, 9.17) is 0 Å². The van der Waals surface area contributed by atoms with Gasteiger partial charge in [0.05, 0.1) is 39.9 Å². The summed E-state index contributed by atoms with van der Waals surface area (Å²) in [6, 6.07) is 22.7. The molecule has 1 saturated heterocycles. The molecule has 4 aromatic rings. The van der Waals surface area contributed by atoms with Crippen LogP contribution in [0.4, 0.5) is 17.1 Å². The average molecular weight is 606 g/mol. The number of amides is 3. The number of piperazine rings is 1. The van der Waals surface area contributed by atoms with Crippen molar-refractivity contribution in [2.24, 2.45) is 0 Å². The number of carbonyl (C=O) groups excluding carboxylic acids is 3. The Bertz CT molecular complexity index is 1760. The van der Waals surface area contributed by atoms with E-state index in [-0.39, 0.29) is 22.7 Å². The third kappa shape index (κ3) is 5.82. The molecule has 3 heterocycles. The zero-order valence-corrected chi connectivity index (χ0v) is 25.3. The Morgan fingerprint density at radius 2 is 1.42 bits per heavy atom. The van der Waals surface area contributed by atoms with Gasteiger partial charge in [0.1, 0.15) is 5.69 Å². The number of imide groups is 1. The molecule has 230 valence electrons.